The average Bonchev–Trinajstić information content (AvgIpc) is 2.51. The molecule has 21 heavy (non-hydrogen) atoms. The van der Waals surface area contributed by atoms with E-state index in [2.05, 4.69) is 5.32 Å². The molecule has 110 valence electrons. The number of carbonyl (C=O) groups is 1. The molecule has 0 aliphatic heterocycles. The van der Waals surface area contributed by atoms with Crippen LogP contribution in [0.15, 0.2) is 48.5 Å². The van der Waals surface area contributed by atoms with Crippen LogP contribution in [-0.2, 0) is 6.61 Å². The number of hydrogen-bond acceptors (Lipinski definition) is 3. The minimum atomic E-state index is -0.239. The van der Waals surface area contributed by atoms with Crippen LogP contribution >= 0.6 is 11.6 Å². The maximum Gasteiger partial charge on any atom is 0.251 e. The van der Waals surface area contributed by atoms with Crippen LogP contribution in [0.2, 0.25) is 5.02 Å². The maximum absolute atomic E-state index is 11.8. The van der Waals surface area contributed by atoms with Gasteiger partial charge in [-0.2, -0.15) is 0 Å². The summed E-state index contributed by atoms with van der Waals surface area (Å²) in [5.74, 6) is 0.365. The Bertz CT molecular complexity index is 616. The van der Waals surface area contributed by atoms with Crippen LogP contribution in [0.5, 0.6) is 5.75 Å². The summed E-state index contributed by atoms with van der Waals surface area (Å²) >= 11 is 5.91. The van der Waals surface area contributed by atoms with E-state index in [-0.39, 0.29) is 19.1 Å². The zero-order valence-electron chi connectivity index (χ0n) is 11.4. The van der Waals surface area contributed by atoms with Crippen molar-refractivity contribution in [2.75, 3.05) is 13.2 Å². The van der Waals surface area contributed by atoms with Crippen molar-refractivity contribution in [3.63, 3.8) is 0 Å². The van der Waals surface area contributed by atoms with E-state index in [0.29, 0.717) is 22.9 Å². The lowest BCUT2D eigenvalue weighted by molar-refractivity contribution is 0.0944. The molecule has 5 heteroatoms. The first-order chi connectivity index (χ1) is 10.2. The minimum Gasteiger partial charge on any atom is -0.489 e. The van der Waals surface area contributed by atoms with Gasteiger partial charge >= 0.3 is 0 Å². The van der Waals surface area contributed by atoms with Gasteiger partial charge in [0.1, 0.15) is 12.4 Å². The van der Waals surface area contributed by atoms with Crippen LogP contribution in [0, 0.1) is 0 Å². The molecule has 0 atom stereocenters. The smallest absolute Gasteiger partial charge is 0.251 e. The molecular weight excluding hydrogens is 290 g/mol. The molecule has 0 aliphatic rings. The molecule has 0 saturated heterocycles. The van der Waals surface area contributed by atoms with Gasteiger partial charge in [0, 0.05) is 17.1 Å². The van der Waals surface area contributed by atoms with E-state index in [1.54, 1.807) is 30.3 Å². The number of ether oxygens (including phenoxy) is 1. The lowest BCUT2D eigenvalue weighted by Gasteiger charge is -2.08. The second kappa shape index (κ2) is 7.67. The molecule has 1 amide bonds. The fourth-order valence-corrected chi connectivity index (χ4v) is 2.00. The average molecular weight is 306 g/mol. The van der Waals surface area contributed by atoms with Gasteiger partial charge in [-0.1, -0.05) is 29.8 Å². The Balaban J connectivity index is 1.99. The topological polar surface area (TPSA) is 58.6 Å². The van der Waals surface area contributed by atoms with E-state index in [4.69, 9.17) is 21.4 Å². The van der Waals surface area contributed by atoms with E-state index in [1.165, 1.54) is 0 Å². The van der Waals surface area contributed by atoms with Crippen LogP contribution in [0.4, 0.5) is 0 Å². The number of rotatable bonds is 6. The largest absolute Gasteiger partial charge is 0.489 e. The highest BCUT2D eigenvalue weighted by atomic mass is 35.5. The van der Waals surface area contributed by atoms with Crippen LogP contribution in [0.3, 0.4) is 0 Å². The van der Waals surface area contributed by atoms with E-state index in [0.717, 1.165) is 5.56 Å². The lowest BCUT2D eigenvalue weighted by atomic mass is 10.2. The van der Waals surface area contributed by atoms with Gasteiger partial charge < -0.3 is 15.2 Å². The molecule has 2 N–H and O–H groups in total. The van der Waals surface area contributed by atoms with Gasteiger partial charge in [0.25, 0.3) is 5.91 Å². The highest BCUT2D eigenvalue weighted by Gasteiger charge is 2.06. The number of aliphatic hydroxyl groups excluding tert-OH is 1. The molecular formula is C16H16ClNO3. The minimum absolute atomic E-state index is 0.0866. The number of halogens is 1. The van der Waals surface area contributed by atoms with Crippen molar-refractivity contribution in [1.29, 1.82) is 0 Å². The molecule has 0 spiro atoms. The highest BCUT2D eigenvalue weighted by Crippen LogP contribution is 2.17. The van der Waals surface area contributed by atoms with Crippen molar-refractivity contribution in [2.45, 2.75) is 6.61 Å². The van der Waals surface area contributed by atoms with Crippen LogP contribution < -0.4 is 10.1 Å². The van der Waals surface area contributed by atoms with Crippen molar-refractivity contribution in [3.05, 3.63) is 64.7 Å². The summed E-state index contributed by atoms with van der Waals surface area (Å²) < 4.78 is 5.65. The Morgan fingerprint density at radius 1 is 1.19 bits per heavy atom. The number of benzene rings is 2. The summed E-state index contributed by atoms with van der Waals surface area (Å²) in [6, 6.07) is 14.3. The summed E-state index contributed by atoms with van der Waals surface area (Å²) in [5.41, 5.74) is 1.45. The Hall–Kier alpha value is -2.04. The van der Waals surface area contributed by atoms with Crippen LogP contribution in [0.25, 0.3) is 0 Å². The molecule has 0 aliphatic carbocycles. The van der Waals surface area contributed by atoms with Crippen LogP contribution in [-0.4, -0.2) is 24.2 Å². The van der Waals surface area contributed by atoms with Gasteiger partial charge in [-0.25, -0.2) is 0 Å². The first-order valence-electron chi connectivity index (χ1n) is 6.55. The summed E-state index contributed by atoms with van der Waals surface area (Å²) in [5, 5.41) is 12.0. The summed E-state index contributed by atoms with van der Waals surface area (Å²) in [7, 11) is 0. The number of nitrogens with one attached hydrogen (secondary N) is 1. The SMILES string of the molecule is O=C(NCCO)c1cccc(OCc2cccc(Cl)c2)c1. The van der Waals surface area contributed by atoms with E-state index < -0.39 is 0 Å². The van der Waals surface area contributed by atoms with Gasteiger partial charge in [0.15, 0.2) is 0 Å². The predicted molar refractivity (Wildman–Crippen MR) is 81.6 cm³/mol. The Morgan fingerprint density at radius 3 is 2.76 bits per heavy atom. The van der Waals surface area contributed by atoms with Gasteiger partial charge in [0.05, 0.1) is 6.61 Å². The predicted octanol–water partition coefficient (Wildman–Crippen LogP) is 2.64. The second-order valence-electron chi connectivity index (χ2n) is 4.43. The summed E-state index contributed by atoms with van der Waals surface area (Å²) in [6.07, 6.45) is 0. The molecule has 2 aromatic rings. The molecule has 4 nitrogen and oxygen atoms in total. The number of carbonyl (C=O) groups excluding carboxylic acids is 1. The monoisotopic (exact) mass is 305 g/mol. The third-order valence-corrected chi connectivity index (χ3v) is 3.02. The van der Waals surface area contributed by atoms with E-state index >= 15 is 0 Å². The Kier molecular flexibility index (Phi) is 5.60. The first kappa shape index (κ1) is 15.4. The van der Waals surface area contributed by atoms with Gasteiger partial charge in [0.2, 0.25) is 0 Å². The molecule has 0 fully saturated rings. The van der Waals surface area contributed by atoms with Crippen molar-refractivity contribution in [3.8, 4) is 5.75 Å². The quantitative estimate of drug-likeness (QED) is 0.862. The molecule has 2 rings (SSSR count). The summed E-state index contributed by atoms with van der Waals surface area (Å²) in [6.45, 7) is 0.519. The second-order valence-corrected chi connectivity index (χ2v) is 4.86. The standard InChI is InChI=1S/C16H16ClNO3/c17-14-5-1-3-12(9-14)11-21-15-6-2-4-13(10-15)16(20)18-7-8-19/h1-6,9-10,19H,7-8,11H2,(H,18,20). The molecule has 0 radical (unpaired) electrons. The summed E-state index contributed by atoms with van der Waals surface area (Å²) in [4.78, 5) is 11.8. The van der Waals surface area contributed by atoms with Crippen LogP contribution in [0.1, 0.15) is 15.9 Å². The van der Waals surface area contributed by atoms with Gasteiger partial charge in [-0.05, 0) is 35.9 Å². The molecule has 0 saturated carbocycles. The zero-order chi connectivity index (χ0) is 15.1. The molecule has 0 bridgehead atoms. The van der Waals surface area contributed by atoms with E-state index in [1.807, 2.05) is 18.2 Å². The molecule has 0 unspecified atom stereocenters. The highest BCUT2D eigenvalue weighted by molar-refractivity contribution is 6.30. The number of amides is 1. The van der Waals surface area contributed by atoms with Crippen molar-refractivity contribution >= 4 is 17.5 Å². The van der Waals surface area contributed by atoms with Crippen molar-refractivity contribution in [1.82, 2.24) is 5.32 Å². The molecule has 0 aromatic heterocycles. The van der Waals surface area contributed by atoms with Crippen molar-refractivity contribution < 1.29 is 14.6 Å². The van der Waals surface area contributed by atoms with Gasteiger partial charge in [-0.3, -0.25) is 4.79 Å². The van der Waals surface area contributed by atoms with E-state index in [9.17, 15) is 4.79 Å². The zero-order valence-corrected chi connectivity index (χ0v) is 12.1. The fraction of sp³-hybridized carbons (Fsp3) is 0.188. The van der Waals surface area contributed by atoms with Gasteiger partial charge in [-0.15, -0.1) is 0 Å². The number of aliphatic hydroxyl groups is 1. The lowest BCUT2D eigenvalue weighted by Crippen LogP contribution is -2.26. The molecule has 0 heterocycles. The number of hydrogen-bond donors (Lipinski definition) is 2. The Labute approximate surface area is 128 Å². The van der Waals surface area contributed by atoms with Crippen molar-refractivity contribution in [2.24, 2.45) is 0 Å². The third kappa shape index (κ3) is 4.77. The maximum atomic E-state index is 11.8. The third-order valence-electron chi connectivity index (χ3n) is 2.79. The molecule has 2 aromatic carbocycles. The fourth-order valence-electron chi connectivity index (χ4n) is 1.79. The first-order valence-corrected chi connectivity index (χ1v) is 6.93. The normalized spacial score (nSPS) is 10.2. The Morgan fingerprint density at radius 2 is 2.00 bits per heavy atom.